The zero-order valence-electron chi connectivity index (χ0n) is 11.1. The molecule has 2 nitrogen and oxygen atoms in total. The summed E-state index contributed by atoms with van der Waals surface area (Å²) in [5, 5.41) is 0. The van der Waals surface area contributed by atoms with Crippen molar-refractivity contribution in [1.82, 2.24) is 0 Å². The van der Waals surface area contributed by atoms with Crippen LogP contribution >= 0.6 is 0 Å². The maximum Gasteiger partial charge on any atom is 0.0585 e. The van der Waals surface area contributed by atoms with Crippen LogP contribution in [0.1, 0.15) is 30.0 Å². The van der Waals surface area contributed by atoms with Gasteiger partial charge in [-0.25, -0.2) is 0 Å². The van der Waals surface area contributed by atoms with Crippen molar-refractivity contribution in [1.29, 1.82) is 0 Å². The molecule has 2 rings (SSSR count). The first-order chi connectivity index (χ1) is 8.07. The van der Waals surface area contributed by atoms with Crippen LogP contribution < -0.4 is 5.73 Å². The van der Waals surface area contributed by atoms with Crippen LogP contribution in [0.15, 0.2) is 18.2 Å². The fraction of sp³-hybridized carbons (Fsp3) is 0.600. The third kappa shape index (κ3) is 2.38. The molecule has 0 amide bonds. The molecule has 1 unspecified atom stereocenters. The minimum absolute atomic E-state index is 0.219. The first-order valence-corrected chi connectivity index (χ1v) is 6.43. The topological polar surface area (TPSA) is 35.2 Å². The lowest BCUT2D eigenvalue weighted by molar-refractivity contribution is -0.0702. The minimum Gasteiger partial charge on any atom is -0.379 e. The molecule has 2 N–H and O–H groups in total. The average molecular weight is 233 g/mol. The Morgan fingerprint density at radius 3 is 2.47 bits per heavy atom. The van der Waals surface area contributed by atoms with E-state index in [-0.39, 0.29) is 5.41 Å². The third-order valence-electron chi connectivity index (χ3n) is 4.02. The van der Waals surface area contributed by atoms with Crippen molar-refractivity contribution in [3.05, 3.63) is 34.9 Å². The van der Waals surface area contributed by atoms with Gasteiger partial charge in [-0.2, -0.15) is 0 Å². The van der Waals surface area contributed by atoms with Gasteiger partial charge in [0.15, 0.2) is 0 Å². The lowest BCUT2D eigenvalue weighted by Crippen LogP contribution is -2.48. The third-order valence-corrected chi connectivity index (χ3v) is 4.02. The molecule has 1 saturated heterocycles. The molecule has 0 saturated carbocycles. The van der Waals surface area contributed by atoms with E-state index in [1.165, 1.54) is 16.7 Å². The van der Waals surface area contributed by atoms with Gasteiger partial charge in [0.05, 0.1) is 13.2 Å². The molecule has 17 heavy (non-hydrogen) atoms. The summed E-state index contributed by atoms with van der Waals surface area (Å²) in [6, 6.07) is 6.80. The minimum atomic E-state index is 0.219. The van der Waals surface area contributed by atoms with E-state index in [0.29, 0.717) is 5.92 Å². The second-order valence-electron chi connectivity index (χ2n) is 5.62. The van der Waals surface area contributed by atoms with Crippen LogP contribution in [0.5, 0.6) is 0 Å². The van der Waals surface area contributed by atoms with Crippen molar-refractivity contribution in [3.63, 3.8) is 0 Å². The molecule has 1 aromatic rings. The van der Waals surface area contributed by atoms with Crippen molar-refractivity contribution < 1.29 is 4.74 Å². The Hall–Kier alpha value is -0.860. The summed E-state index contributed by atoms with van der Waals surface area (Å²) in [5.41, 5.74) is 10.1. The maximum atomic E-state index is 5.75. The molecule has 1 aliphatic heterocycles. The van der Waals surface area contributed by atoms with E-state index in [1.54, 1.807) is 0 Å². The number of benzene rings is 1. The molecular weight excluding hydrogens is 210 g/mol. The largest absolute Gasteiger partial charge is 0.379 e. The molecule has 94 valence electrons. The monoisotopic (exact) mass is 233 g/mol. The number of hydrogen-bond acceptors (Lipinski definition) is 2. The summed E-state index contributed by atoms with van der Waals surface area (Å²) >= 11 is 0. The highest BCUT2D eigenvalue weighted by Gasteiger charge is 2.41. The Morgan fingerprint density at radius 1 is 1.29 bits per heavy atom. The molecule has 0 bridgehead atoms. The van der Waals surface area contributed by atoms with Gasteiger partial charge in [0, 0.05) is 5.41 Å². The fourth-order valence-corrected chi connectivity index (χ4v) is 2.57. The Morgan fingerprint density at radius 2 is 2.00 bits per heavy atom. The summed E-state index contributed by atoms with van der Waals surface area (Å²) in [6.07, 6.45) is 1.13. The van der Waals surface area contributed by atoms with Crippen LogP contribution in [0.25, 0.3) is 0 Å². The molecular formula is C15H23NO. The number of ether oxygens (including phenoxy) is 1. The predicted octanol–water partition coefficient (Wildman–Crippen LogP) is 2.56. The van der Waals surface area contributed by atoms with Crippen molar-refractivity contribution in [2.75, 3.05) is 19.8 Å². The number of aryl methyl sites for hydroxylation is 2. The summed E-state index contributed by atoms with van der Waals surface area (Å²) in [4.78, 5) is 0. The first kappa shape index (κ1) is 12.6. The Kier molecular flexibility index (Phi) is 3.55. The highest BCUT2D eigenvalue weighted by molar-refractivity contribution is 5.36. The molecule has 2 heteroatoms. The summed E-state index contributed by atoms with van der Waals surface area (Å²) in [7, 11) is 0. The molecule has 0 spiro atoms. The van der Waals surface area contributed by atoms with Gasteiger partial charge in [0.1, 0.15) is 0 Å². The van der Waals surface area contributed by atoms with E-state index in [0.717, 1.165) is 26.2 Å². The van der Waals surface area contributed by atoms with Crippen LogP contribution in [0.2, 0.25) is 0 Å². The molecule has 1 aliphatic rings. The Labute approximate surface area is 104 Å². The standard InChI is InChI=1S/C15H23NO/c1-11(8-16)7-15(9-17-10-15)14-5-4-12(2)13(3)6-14/h4-6,11H,7-10,16H2,1-3H3. The van der Waals surface area contributed by atoms with E-state index < -0.39 is 0 Å². The van der Waals surface area contributed by atoms with Gasteiger partial charge in [-0.1, -0.05) is 25.1 Å². The molecule has 0 aliphatic carbocycles. The first-order valence-electron chi connectivity index (χ1n) is 6.43. The molecule has 1 aromatic carbocycles. The smallest absolute Gasteiger partial charge is 0.0585 e. The highest BCUT2D eigenvalue weighted by atomic mass is 16.5. The summed E-state index contributed by atoms with van der Waals surface area (Å²) in [5.74, 6) is 0.556. The van der Waals surface area contributed by atoms with Gasteiger partial charge in [0.2, 0.25) is 0 Å². The van der Waals surface area contributed by atoms with Gasteiger partial charge in [-0.15, -0.1) is 0 Å². The quantitative estimate of drug-likeness (QED) is 0.867. The summed E-state index contributed by atoms with van der Waals surface area (Å²) < 4.78 is 5.47. The highest BCUT2D eigenvalue weighted by Crippen LogP contribution is 2.38. The number of rotatable bonds is 4. The van der Waals surface area contributed by atoms with Gasteiger partial charge < -0.3 is 10.5 Å². The van der Waals surface area contributed by atoms with Gasteiger partial charge in [-0.05, 0) is 49.4 Å². The molecule has 0 aromatic heterocycles. The van der Waals surface area contributed by atoms with Crippen LogP contribution in [0, 0.1) is 19.8 Å². The van der Waals surface area contributed by atoms with E-state index in [4.69, 9.17) is 10.5 Å². The predicted molar refractivity (Wildman–Crippen MR) is 71.2 cm³/mol. The van der Waals surface area contributed by atoms with E-state index in [1.807, 2.05) is 0 Å². The lowest BCUT2D eigenvalue weighted by atomic mass is 9.72. The maximum absolute atomic E-state index is 5.75. The molecule has 1 atom stereocenters. The normalized spacial score (nSPS) is 19.8. The van der Waals surface area contributed by atoms with E-state index in [2.05, 4.69) is 39.0 Å². The second-order valence-corrected chi connectivity index (χ2v) is 5.62. The van der Waals surface area contributed by atoms with Gasteiger partial charge in [-0.3, -0.25) is 0 Å². The van der Waals surface area contributed by atoms with Gasteiger partial charge >= 0.3 is 0 Å². The molecule has 0 radical (unpaired) electrons. The van der Waals surface area contributed by atoms with E-state index >= 15 is 0 Å². The van der Waals surface area contributed by atoms with E-state index in [9.17, 15) is 0 Å². The zero-order valence-corrected chi connectivity index (χ0v) is 11.1. The number of nitrogens with two attached hydrogens (primary N) is 1. The van der Waals surface area contributed by atoms with Crippen LogP contribution in [-0.4, -0.2) is 19.8 Å². The average Bonchev–Trinajstić information content (AvgIpc) is 2.27. The molecule has 1 fully saturated rings. The van der Waals surface area contributed by atoms with Crippen molar-refractivity contribution in [2.24, 2.45) is 11.7 Å². The Balaban J connectivity index is 2.25. The van der Waals surface area contributed by atoms with Crippen LogP contribution in [-0.2, 0) is 10.2 Å². The number of hydrogen-bond donors (Lipinski definition) is 1. The van der Waals surface area contributed by atoms with Crippen molar-refractivity contribution in [2.45, 2.75) is 32.6 Å². The second kappa shape index (κ2) is 4.79. The lowest BCUT2D eigenvalue weighted by Gasteiger charge is -2.44. The Bertz CT molecular complexity index is 396. The van der Waals surface area contributed by atoms with Gasteiger partial charge in [0.25, 0.3) is 0 Å². The zero-order chi connectivity index (χ0) is 12.5. The SMILES string of the molecule is Cc1ccc(C2(CC(C)CN)COC2)cc1C. The van der Waals surface area contributed by atoms with Crippen LogP contribution in [0.3, 0.4) is 0 Å². The summed E-state index contributed by atoms with van der Waals surface area (Å²) in [6.45, 7) is 9.01. The van der Waals surface area contributed by atoms with Crippen LogP contribution in [0.4, 0.5) is 0 Å². The van der Waals surface area contributed by atoms with Crippen molar-refractivity contribution >= 4 is 0 Å². The van der Waals surface area contributed by atoms with Crippen molar-refractivity contribution in [3.8, 4) is 0 Å². The molecule has 1 heterocycles. The fourth-order valence-electron chi connectivity index (χ4n) is 2.57.